The number of hydrogen-bond donors (Lipinski definition) is 0. The number of aromatic nitrogens is 8. The minimum Gasteiger partial charge on any atom is -0.480 e. The maximum absolute atomic E-state index is 13.3. The quantitative estimate of drug-likeness (QED) is 0.282. The van der Waals surface area contributed by atoms with Crippen LogP contribution in [0.2, 0.25) is 0 Å². The van der Waals surface area contributed by atoms with Crippen molar-refractivity contribution >= 4 is 5.65 Å². The molecule has 4 heterocycles. The lowest BCUT2D eigenvalue weighted by atomic mass is 10.1. The lowest BCUT2D eigenvalue weighted by Gasteiger charge is -2.08. The molecule has 0 atom stereocenters. The first-order valence-corrected chi connectivity index (χ1v) is 12.7. The molecule has 2 aliphatic carbocycles. The van der Waals surface area contributed by atoms with Crippen LogP contribution in [0, 0.1) is 0 Å². The normalized spacial score (nSPS) is 15.7. The number of ether oxygens (including phenoxy) is 1. The second kappa shape index (κ2) is 8.85. The number of hydrogen-bond acceptors (Lipinski definition) is 7. The molecular weight excluding hydrogens is 509 g/mol. The first-order chi connectivity index (χ1) is 18.9. The minimum atomic E-state index is -4.48. The average Bonchev–Trinajstić information content (AvgIpc) is 3.87. The Morgan fingerprint density at radius 2 is 1.77 bits per heavy atom. The first kappa shape index (κ1) is 23.7. The van der Waals surface area contributed by atoms with Gasteiger partial charge in [0.2, 0.25) is 5.88 Å². The molecule has 2 aliphatic rings. The number of nitrogens with zero attached hydrogens (tertiary/aromatic N) is 8. The summed E-state index contributed by atoms with van der Waals surface area (Å²) in [7, 11) is 1.57. The molecule has 0 bridgehead atoms. The highest BCUT2D eigenvalue weighted by Crippen LogP contribution is 2.45. The van der Waals surface area contributed by atoms with Gasteiger partial charge in [0, 0.05) is 42.4 Å². The van der Waals surface area contributed by atoms with Crippen molar-refractivity contribution in [3.8, 4) is 28.7 Å². The van der Waals surface area contributed by atoms with Crippen LogP contribution >= 0.6 is 0 Å². The molecule has 0 aliphatic heterocycles. The summed E-state index contributed by atoms with van der Waals surface area (Å²) >= 11 is 0. The van der Waals surface area contributed by atoms with E-state index in [0.717, 1.165) is 43.1 Å². The molecule has 198 valence electrons. The Kier molecular flexibility index (Phi) is 5.39. The van der Waals surface area contributed by atoms with Crippen molar-refractivity contribution in [3.63, 3.8) is 0 Å². The van der Waals surface area contributed by atoms with Gasteiger partial charge in [-0.15, -0.1) is 5.10 Å². The fourth-order valence-corrected chi connectivity index (χ4v) is 4.84. The second-order valence-electron chi connectivity index (χ2n) is 9.94. The highest BCUT2D eigenvalue weighted by atomic mass is 19.4. The topological polar surface area (TPSA) is 95.9 Å². The number of rotatable bonds is 7. The highest BCUT2D eigenvalue weighted by molar-refractivity contribution is 5.67. The third-order valence-electron chi connectivity index (χ3n) is 7.08. The largest absolute Gasteiger partial charge is 0.480 e. The molecule has 0 N–H and O–H groups in total. The number of benzene rings is 1. The molecule has 1 aromatic carbocycles. The predicted octanol–water partition coefficient (Wildman–Crippen LogP) is 5.28. The SMILES string of the molecule is COc1ncnc(C2CC2)c1-c1nc2ccnc(Cc3ccc(-c4nc(C(F)(F)F)cn4C4CC4)cc3)n2n1. The van der Waals surface area contributed by atoms with E-state index in [-0.39, 0.29) is 6.04 Å². The van der Waals surface area contributed by atoms with E-state index < -0.39 is 11.9 Å². The summed E-state index contributed by atoms with van der Waals surface area (Å²) in [5.74, 6) is 2.27. The molecule has 0 amide bonds. The Hall–Kier alpha value is -4.35. The zero-order chi connectivity index (χ0) is 26.7. The van der Waals surface area contributed by atoms with E-state index in [1.807, 2.05) is 12.1 Å². The van der Waals surface area contributed by atoms with E-state index in [0.29, 0.717) is 52.5 Å². The lowest BCUT2D eigenvalue weighted by Crippen LogP contribution is -2.05. The fourth-order valence-electron chi connectivity index (χ4n) is 4.84. The molecule has 0 unspecified atom stereocenters. The Balaban J connectivity index is 1.20. The molecule has 9 nitrogen and oxygen atoms in total. The Bertz CT molecular complexity index is 1680. The van der Waals surface area contributed by atoms with E-state index in [2.05, 4.69) is 19.9 Å². The molecular formula is C27H23F3N8O. The van der Waals surface area contributed by atoms with Gasteiger partial charge in [-0.2, -0.15) is 17.7 Å². The number of imidazole rings is 1. The predicted molar refractivity (Wildman–Crippen MR) is 134 cm³/mol. The van der Waals surface area contributed by atoms with Crippen LogP contribution in [0.25, 0.3) is 28.4 Å². The van der Waals surface area contributed by atoms with Crippen molar-refractivity contribution in [3.05, 3.63) is 71.8 Å². The van der Waals surface area contributed by atoms with Gasteiger partial charge in [0.25, 0.3) is 0 Å². The van der Waals surface area contributed by atoms with E-state index >= 15 is 0 Å². The van der Waals surface area contributed by atoms with Gasteiger partial charge in [0.05, 0.1) is 12.8 Å². The molecule has 0 radical (unpaired) electrons. The first-order valence-electron chi connectivity index (χ1n) is 12.7. The van der Waals surface area contributed by atoms with Gasteiger partial charge in [-0.05, 0) is 31.2 Å². The van der Waals surface area contributed by atoms with Gasteiger partial charge in [-0.3, -0.25) is 0 Å². The zero-order valence-electron chi connectivity index (χ0n) is 20.9. The third kappa shape index (κ3) is 4.39. The monoisotopic (exact) mass is 532 g/mol. The van der Waals surface area contributed by atoms with Crippen LogP contribution in [-0.2, 0) is 12.6 Å². The molecule has 7 rings (SSSR count). The van der Waals surface area contributed by atoms with Crippen LogP contribution < -0.4 is 4.74 Å². The van der Waals surface area contributed by atoms with Crippen molar-refractivity contribution in [2.75, 3.05) is 7.11 Å². The Morgan fingerprint density at radius 1 is 0.974 bits per heavy atom. The molecule has 2 fully saturated rings. The molecule has 0 saturated heterocycles. The van der Waals surface area contributed by atoms with E-state index in [1.165, 1.54) is 6.33 Å². The van der Waals surface area contributed by atoms with Crippen LogP contribution in [0.5, 0.6) is 5.88 Å². The van der Waals surface area contributed by atoms with Crippen LogP contribution in [0.4, 0.5) is 13.2 Å². The highest BCUT2D eigenvalue weighted by Gasteiger charge is 2.37. The van der Waals surface area contributed by atoms with E-state index in [9.17, 15) is 13.2 Å². The Labute approximate surface area is 220 Å². The maximum Gasteiger partial charge on any atom is 0.434 e. The van der Waals surface area contributed by atoms with E-state index in [4.69, 9.17) is 14.8 Å². The van der Waals surface area contributed by atoms with Crippen LogP contribution in [0.15, 0.2) is 49.1 Å². The molecule has 2 saturated carbocycles. The smallest absolute Gasteiger partial charge is 0.434 e. The summed E-state index contributed by atoms with van der Waals surface area (Å²) in [5.41, 5.74) is 2.92. The fraction of sp³-hybridized carbons (Fsp3) is 0.333. The molecule has 12 heteroatoms. The standard InChI is InChI=1S/C27H23F3N8O/c1-39-26-22(23(16-6-7-16)32-14-33-26)24-35-20-10-11-31-21(38(20)36-24)12-15-2-4-17(5-3-15)25-34-19(27(28,29)30)13-37(25)18-8-9-18/h2-5,10-11,13-14,16,18H,6-9,12H2,1H3. The summed E-state index contributed by atoms with van der Waals surface area (Å²) in [6.07, 6.45) is 4.11. The van der Waals surface area contributed by atoms with Crippen molar-refractivity contribution < 1.29 is 17.9 Å². The minimum absolute atomic E-state index is 0.0701. The van der Waals surface area contributed by atoms with Gasteiger partial charge in [-0.1, -0.05) is 24.3 Å². The van der Waals surface area contributed by atoms with Crippen molar-refractivity contribution in [1.29, 1.82) is 0 Å². The number of halogens is 3. The number of methoxy groups -OCH3 is 1. The van der Waals surface area contributed by atoms with Crippen LogP contribution in [-0.4, -0.2) is 46.2 Å². The van der Waals surface area contributed by atoms with Gasteiger partial charge in [-0.25, -0.2) is 24.9 Å². The van der Waals surface area contributed by atoms with Crippen LogP contribution in [0.1, 0.15) is 60.4 Å². The summed E-state index contributed by atoms with van der Waals surface area (Å²) < 4.78 is 48.8. The maximum atomic E-state index is 13.3. The molecule has 0 spiro atoms. The summed E-state index contributed by atoms with van der Waals surface area (Å²) in [6.45, 7) is 0. The number of fused-ring (bicyclic) bond motifs is 1. The van der Waals surface area contributed by atoms with Crippen molar-refractivity contribution in [2.45, 2.75) is 50.2 Å². The van der Waals surface area contributed by atoms with Gasteiger partial charge < -0.3 is 9.30 Å². The van der Waals surface area contributed by atoms with Gasteiger partial charge >= 0.3 is 6.18 Å². The zero-order valence-corrected chi connectivity index (χ0v) is 20.9. The molecule has 5 aromatic rings. The van der Waals surface area contributed by atoms with Crippen LogP contribution in [0.3, 0.4) is 0 Å². The lowest BCUT2D eigenvalue weighted by molar-refractivity contribution is -0.140. The average molecular weight is 533 g/mol. The van der Waals surface area contributed by atoms with Crippen molar-refractivity contribution in [2.24, 2.45) is 0 Å². The van der Waals surface area contributed by atoms with Crippen molar-refractivity contribution in [1.82, 2.24) is 39.1 Å². The summed E-state index contributed by atoms with van der Waals surface area (Å²) in [6, 6.07) is 9.22. The third-order valence-corrected chi connectivity index (χ3v) is 7.08. The van der Waals surface area contributed by atoms with Gasteiger partial charge in [0.1, 0.15) is 23.5 Å². The summed E-state index contributed by atoms with van der Waals surface area (Å²) in [4.78, 5) is 21.9. The second-order valence-corrected chi connectivity index (χ2v) is 9.94. The van der Waals surface area contributed by atoms with Gasteiger partial charge in [0.15, 0.2) is 17.2 Å². The summed E-state index contributed by atoms with van der Waals surface area (Å²) in [5, 5.41) is 4.75. The number of alkyl halides is 3. The van der Waals surface area contributed by atoms with E-state index in [1.54, 1.807) is 40.6 Å². The molecule has 39 heavy (non-hydrogen) atoms. The Morgan fingerprint density at radius 3 is 2.46 bits per heavy atom. The molecule has 4 aromatic heterocycles.